The first-order chi connectivity index (χ1) is 36.6. The molecule has 78 heavy (non-hydrogen) atoms. The first-order valence-corrected chi connectivity index (χ1v) is 28.6. The van der Waals surface area contributed by atoms with Gasteiger partial charge in [-0.2, -0.15) is 0 Å². The number of hydrogen-bond acceptors (Lipinski definition) is 15. The summed E-state index contributed by atoms with van der Waals surface area (Å²) < 4.78 is 61.9. The van der Waals surface area contributed by atoms with Gasteiger partial charge in [0.15, 0.2) is 15.8 Å². The van der Waals surface area contributed by atoms with Crippen LogP contribution in [0.4, 0.5) is 28.1 Å². The maximum atomic E-state index is 13.2. The Balaban J connectivity index is 0.000000266. The molecule has 24 heteroatoms. The van der Waals surface area contributed by atoms with Crippen LogP contribution < -0.4 is 26.0 Å². The number of sulfone groups is 1. The highest BCUT2D eigenvalue weighted by Gasteiger charge is 2.22. The number of halogens is 1. The number of benzene rings is 4. The van der Waals surface area contributed by atoms with Crippen molar-refractivity contribution in [3.05, 3.63) is 119 Å². The third-order valence-corrected chi connectivity index (χ3v) is 15.3. The van der Waals surface area contributed by atoms with Crippen LogP contribution in [0.25, 0.3) is 32.0 Å². The molecular formula is C54H74ClN15O6S2. The number of H-pyrrole nitrogens is 1. The van der Waals surface area contributed by atoms with Crippen molar-refractivity contribution in [3.63, 3.8) is 0 Å². The van der Waals surface area contributed by atoms with Crippen molar-refractivity contribution in [1.29, 1.82) is 0 Å². The van der Waals surface area contributed by atoms with E-state index in [1.165, 1.54) is 4.57 Å². The Bertz CT molecular complexity index is 3370. The van der Waals surface area contributed by atoms with Gasteiger partial charge in [0.2, 0.25) is 16.0 Å². The van der Waals surface area contributed by atoms with E-state index in [0.717, 1.165) is 109 Å². The van der Waals surface area contributed by atoms with Gasteiger partial charge in [0.05, 0.1) is 33.1 Å². The number of unbranched alkanes of at least 4 members (excludes halogenated alkanes) is 5. The lowest BCUT2D eigenvalue weighted by Crippen LogP contribution is -2.27. The van der Waals surface area contributed by atoms with Crippen LogP contribution in [0.15, 0.2) is 106 Å². The largest absolute Gasteiger partial charge is 0.443 e. The molecule has 420 valence electrons. The molecule has 0 aliphatic carbocycles. The Hall–Kier alpha value is -7.35. The summed E-state index contributed by atoms with van der Waals surface area (Å²) in [6.45, 7) is 6.08. The fraction of sp³-hybridized carbons (Fsp3) is 0.426. The molecule has 0 bridgehead atoms. The van der Waals surface area contributed by atoms with Crippen LogP contribution in [0.3, 0.4) is 0 Å². The zero-order valence-corrected chi connectivity index (χ0v) is 48.0. The number of aromatic amines is 1. The van der Waals surface area contributed by atoms with Crippen molar-refractivity contribution in [2.45, 2.75) is 113 Å². The predicted molar refractivity (Wildman–Crippen MR) is 313 cm³/mol. The quantitative estimate of drug-likeness (QED) is 0.0153. The monoisotopic (exact) mass is 1130 g/mol. The average Bonchev–Trinajstić information content (AvgIpc) is 4.19. The number of terminal acetylenes is 1. The molecule has 7 rings (SSSR count). The molecule has 21 nitrogen and oxygen atoms in total. The number of azide groups is 1. The number of carbonyl (C=O) groups is 1. The summed E-state index contributed by atoms with van der Waals surface area (Å²) in [4.78, 5) is 30.3. The average molecular weight is 1130 g/mol. The van der Waals surface area contributed by atoms with Crippen LogP contribution >= 0.6 is 12.4 Å². The summed E-state index contributed by atoms with van der Waals surface area (Å²) in [5, 5.41) is 15.0. The molecule has 6 N–H and O–H groups in total. The molecule has 0 radical (unpaired) electrons. The van der Waals surface area contributed by atoms with Crippen LogP contribution in [0.2, 0.25) is 0 Å². The van der Waals surface area contributed by atoms with Gasteiger partial charge < -0.3 is 31.0 Å². The maximum Gasteiger partial charge on any atom is 0.421 e. The number of aromatic nitrogens is 7. The van der Waals surface area contributed by atoms with Gasteiger partial charge in [0.1, 0.15) is 5.60 Å². The van der Waals surface area contributed by atoms with E-state index in [1.54, 1.807) is 41.3 Å². The van der Waals surface area contributed by atoms with Gasteiger partial charge in [0.25, 0.3) is 0 Å². The van der Waals surface area contributed by atoms with Gasteiger partial charge in [-0.05, 0) is 102 Å². The molecule has 7 aromatic rings. The molecule has 0 aliphatic rings. The van der Waals surface area contributed by atoms with E-state index in [0.29, 0.717) is 29.2 Å². The maximum absolute atomic E-state index is 13.2. The van der Waals surface area contributed by atoms with Crippen LogP contribution in [0, 0.1) is 12.3 Å². The summed E-state index contributed by atoms with van der Waals surface area (Å²) in [6.07, 6.45) is 20.1. The SMILES string of the molecule is C#CCCCCCc1cn(C(=O)OC(C)(C)C)c(N)n1.CN(C)c1cccc2c(S(=O)(=O)CCCn3cc(CCCCCc4cnc(N)[nH]4)nn3)cccc12.CN(C)c1cccc2c(S(=O)(=O)NCCN=[N+]=[N-])cccc12.Cl. The first kappa shape index (κ1) is 63.2. The topological polar surface area (TPSA) is 291 Å². The van der Waals surface area contributed by atoms with Crippen molar-refractivity contribution < 1.29 is 26.4 Å². The number of nitrogens with one attached hydrogen (secondary N) is 2. The second-order valence-corrected chi connectivity index (χ2v) is 23.4. The number of aryl methyl sites for hydroxylation is 4. The molecule has 0 spiro atoms. The highest BCUT2D eigenvalue weighted by molar-refractivity contribution is 7.91. The predicted octanol–water partition coefficient (Wildman–Crippen LogP) is 9.52. The van der Waals surface area contributed by atoms with E-state index >= 15 is 0 Å². The van der Waals surface area contributed by atoms with E-state index < -0.39 is 31.6 Å². The van der Waals surface area contributed by atoms with Crippen LogP contribution in [0.5, 0.6) is 0 Å². The third-order valence-electron chi connectivity index (χ3n) is 11.9. The second kappa shape index (κ2) is 30.0. The number of sulfonamides is 1. The lowest BCUT2D eigenvalue weighted by Gasteiger charge is -2.19. The number of rotatable bonds is 23. The Labute approximate surface area is 464 Å². The van der Waals surface area contributed by atoms with E-state index in [-0.39, 0.29) is 42.1 Å². The molecule has 0 atom stereocenters. The number of carbonyl (C=O) groups excluding carboxylic acids is 1. The Morgan fingerprint density at radius 2 is 1.38 bits per heavy atom. The normalized spacial score (nSPS) is 11.3. The van der Waals surface area contributed by atoms with Crippen molar-refractivity contribution >= 4 is 83.2 Å². The molecule has 0 fully saturated rings. The standard InChI is InChI=1S/C25H33N7O2S.C15H23N3O2.C14H17N5O2S.ClH/c1-31(2)23-13-6-12-22-21(23)11-7-14-24(22)35(33,34)16-8-15-32-18-20(29-30-32)10-5-3-4-9-19-17-27-25(26)28-19;1-5-6-7-8-9-10-12-11-18(13(16)17-12)14(19)20-15(2,3)4;1-19(2)13-7-3-6-12-11(13)5-4-8-14(12)22(20,21)17-10-9-16-18-15;/h6-7,11-14,17-18H,3-5,8-10,15-16H2,1-2H3,(H3,26,27,28);1,11H,6-10H2,2-4H3,(H2,16,17);3-8,17H,9-10H2,1-2H3;1H. The smallest absolute Gasteiger partial charge is 0.421 e. The van der Waals surface area contributed by atoms with Gasteiger partial charge >= 0.3 is 6.09 Å². The number of hydrogen-bond donors (Lipinski definition) is 4. The second-order valence-electron chi connectivity index (χ2n) is 19.6. The molecular weight excluding hydrogens is 1050 g/mol. The molecule has 0 saturated heterocycles. The van der Waals surface area contributed by atoms with Gasteiger partial charge in [-0.3, -0.25) is 4.68 Å². The molecule has 0 unspecified atom stereocenters. The van der Waals surface area contributed by atoms with Gasteiger partial charge in [-0.25, -0.2) is 40.9 Å². The summed E-state index contributed by atoms with van der Waals surface area (Å²) >= 11 is 0. The lowest BCUT2D eigenvalue weighted by atomic mass is 10.1. The van der Waals surface area contributed by atoms with Crippen LogP contribution in [-0.2, 0) is 50.4 Å². The minimum atomic E-state index is -3.66. The fourth-order valence-corrected chi connectivity index (χ4v) is 11.1. The van der Waals surface area contributed by atoms with Gasteiger partial charge in [-0.1, -0.05) is 71.7 Å². The highest BCUT2D eigenvalue weighted by Crippen LogP contribution is 2.32. The van der Waals surface area contributed by atoms with Crippen molar-refractivity contribution in [2.24, 2.45) is 5.11 Å². The van der Waals surface area contributed by atoms with Crippen molar-refractivity contribution in [2.75, 3.05) is 68.3 Å². The Morgan fingerprint density at radius 3 is 1.97 bits per heavy atom. The number of ether oxygens (including phenoxy) is 1. The molecule has 0 saturated carbocycles. The van der Waals surface area contributed by atoms with Gasteiger partial charge in [-0.15, -0.1) is 29.8 Å². The van der Waals surface area contributed by atoms with Gasteiger partial charge in [0, 0.05) is 110 Å². The van der Waals surface area contributed by atoms with Crippen molar-refractivity contribution in [1.82, 2.24) is 39.2 Å². The number of nitrogens with zero attached hydrogens (tertiary/aromatic N) is 11. The number of imidazole rings is 2. The number of nitrogen functional groups attached to an aromatic ring is 2. The van der Waals surface area contributed by atoms with E-state index in [1.807, 2.05) is 113 Å². The molecule has 0 amide bonds. The number of anilines is 4. The summed E-state index contributed by atoms with van der Waals surface area (Å²) in [5.41, 5.74) is 23.7. The number of fused-ring (bicyclic) bond motifs is 2. The lowest BCUT2D eigenvalue weighted by molar-refractivity contribution is 0.0540. The first-order valence-electron chi connectivity index (χ1n) is 25.4. The zero-order valence-electron chi connectivity index (χ0n) is 45.6. The van der Waals surface area contributed by atoms with Crippen molar-refractivity contribution in [3.8, 4) is 12.3 Å². The molecule has 4 aromatic carbocycles. The van der Waals surface area contributed by atoms with Crippen LogP contribution in [-0.4, -0.2) is 110 Å². The van der Waals surface area contributed by atoms with E-state index in [4.69, 9.17) is 28.2 Å². The minimum Gasteiger partial charge on any atom is -0.443 e. The molecule has 3 heterocycles. The summed E-state index contributed by atoms with van der Waals surface area (Å²) in [5.74, 6) is 3.30. The minimum absolute atomic E-state index is 0. The fourth-order valence-electron chi connectivity index (χ4n) is 8.29. The zero-order chi connectivity index (χ0) is 56.2. The summed E-state index contributed by atoms with van der Waals surface area (Å²) in [7, 11) is 0.647. The molecule has 3 aromatic heterocycles. The number of nitrogens with two attached hydrogens (primary N) is 2. The Morgan fingerprint density at radius 1 is 0.808 bits per heavy atom. The summed E-state index contributed by atoms with van der Waals surface area (Å²) in [6, 6.07) is 22.0. The highest BCUT2D eigenvalue weighted by atomic mass is 35.5. The Kier molecular flexibility index (Phi) is 24.3. The van der Waals surface area contributed by atoms with Crippen LogP contribution in [0.1, 0.15) is 89.2 Å². The third kappa shape index (κ3) is 19.0. The van der Waals surface area contributed by atoms with E-state index in [9.17, 15) is 21.6 Å². The van der Waals surface area contributed by atoms with E-state index in [2.05, 4.69) is 45.9 Å². The molecule has 0 aliphatic heterocycles.